The van der Waals surface area contributed by atoms with Crippen LogP contribution in [0.15, 0.2) is 91.5 Å². The molecule has 2 aromatic heterocycles. The maximum Gasteiger partial charge on any atom is 0.349 e. The summed E-state index contributed by atoms with van der Waals surface area (Å²) >= 11 is 0. The van der Waals surface area contributed by atoms with Crippen molar-refractivity contribution < 1.29 is 33.6 Å². The maximum absolute atomic E-state index is 11.8. The Morgan fingerprint density at radius 3 is 1.78 bits per heavy atom. The Morgan fingerprint density at radius 2 is 1.22 bits per heavy atom. The minimum absolute atomic E-state index is 0. The number of aromatic nitrogens is 2. The number of hydrogen-bond acceptors (Lipinski definition) is 10. The first kappa shape index (κ1) is 42.0. The van der Waals surface area contributed by atoms with Crippen molar-refractivity contribution in [1.29, 1.82) is 0 Å². The van der Waals surface area contributed by atoms with Gasteiger partial charge in [0.2, 0.25) is 0 Å². The molecule has 0 spiro atoms. The van der Waals surface area contributed by atoms with Crippen molar-refractivity contribution in [3.05, 3.63) is 110 Å². The highest BCUT2D eigenvalue weighted by Crippen LogP contribution is 2.26. The van der Waals surface area contributed by atoms with Crippen molar-refractivity contribution in [2.24, 2.45) is 0 Å². The van der Waals surface area contributed by atoms with Crippen molar-refractivity contribution in [2.75, 3.05) is 19.8 Å². The van der Waals surface area contributed by atoms with Gasteiger partial charge in [-0.05, 0) is 125 Å². The van der Waals surface area contributed by atoms with Gasteiger partial charge in [-0.3, -0.25) is 9.97 Å². The molecule has 2 N–H and O–H groups in total. The summed E-state index contributed by atoms with van der Waals surface area (Å²) in [7, 11) is 0. The van der Waals surface area contributed by atoms with Gasteiger partial charge in [0, 0.05) is 42.1 Å². The Kier molecular flexibility index (Phi) is 15.9. The van der Waals surface area contributed by atoms with Gasteiger partial charge in [0.1, 0.15) is 17.2 Å². The monoisotopic (exact) mass is 697 g/mol. The molecular formula is C40H52BN3O7-2. The van der Waals surface area contributed by atoms with Crippen LogP contribution in [0.2, 0.25) is 0 Å². The molecule has 0 atom stereocenters. The molecule has 5 aromatic rings. The molecule has 1 aliphatic rings. The van der Waals surface area contributed by atoms with Crippen LogP contribution in [0.25, 0.3) is 21.5 Å². The molecule has 0 saturated carbocycles. The standard InChI is InChI=1S/C15H21NO3.C15H17NO3.C9H7NO.CH3.BH4/c2*1-4-18-14(17)15(2,3)19-13-6-5-11-7-8-16-10-12(11)9-13;11-9-2-1-7-3-4-10-6-8(7)5-9;;/h5-6,9,16H,4,7-8,10H2,1-3H3;5-10H,4H2,1-3H3;1-6,11H;1H3;1H4/q;;;2*-1. The molecule has 10 nitrogen and oxygen atoms in total. The number of pyridine rings is 2. The summed E-state index contributed by atoms with van der Waals surface area (Å²) < 4.78 is 21.5. The number of phenolic OH excluding ortho intramolecular Hbond substituents is 1. The second kappa shape index (κ2) is 19.3. The minimum atomic E-state index is -1.01. The van der Waals surface area contributed by atoms with Crippen LogP contribution < -0.4 is 14.8 Å². The highest BCUT2D eigenvalue weighted by molar-refractivity contribution is 5.84. The number of nitrogens with zero attached hydrogens (tertiary/aromatic N) is 2. The number of fused-ring (bicyclic) bond motifs is 3. The van der Waals surface area contributed by atoms with Gasteiger partial charge in [0.25, 0.3) is 0 Å². The summed E-state index contributed by atoms with van der Waals surface area (Å²) in [5.74, 6) is 0.900. The normalized spacial score (nSPS) is 11.9. The second-order valence-corrected chi connectivity index (χ2v) is 12.3. The summed E-state index contributed by atoms with van der Waals surface area (Å²) in [5, 5.41) is 16.5. The predicted octanol–water partition coefficient (Wildman–Crippen LogP) is 5.95. The number of phenols is 1. The van der Waals surface area contributed by atoms with E-state index in [1.54, 1.807) is 78.5 Å². The van der Waals surface area contributed by atoms with Gasteiger partial charge < -0.3 is 36.8 Å². The first-order valence-corrected chi connectivity index (χ1v) is 16.3. The zero-order chi connectivity index (χ0) is 35.4. The lowest BCUT2D eigenvalue weighted by Gasteiger charge is -2.25. The van der Waals surface area contributed by atoms with Gasteiger partial charge in [-0.15, -0.1) is 0 Å². The van der Waals surface area contributed by atoms with Crippen LogP contribution in [-0.2, 0) is 32.0 Å². The number of hydrogen-bond donors (Lipinski definition) is 2. The average molecular weight is 698 g/mol. The van der Waals surface area contributed by atoms with Gasteiger partial charge in [0.15, 0.2) is 11.2 Å². The molecule has 0 radical (unpaired) electrons. The first-order chi connectivity index (χ1) is 23.4. The zero-order valence-electron chi connectivity index (χ0n) is 30.0. The Hall–Kier alpha value is -5.16. The molecule has 0 unspecified atom stereocenters. The summed E-state index contributed by atoms with van der Waals surface area (Å²) in [6, 6.07) is 20.7. The molecule has 11 heteroatoms. The number of aromatic hydroxyl groups is 1. The first-order valence-electron chi connectivity index (χ1n) is 16.3. The van der Waals surface area contributed by atoms with Crippen LogP contribution in [0.3, 0.4) is 0 Å². The van der Waals surface area contributed by atoms with E-state index in [-0.39, 0.29) is 33.5 Å². The third kappa shape index (κ3) is 12.0. The molecule has 3 heterocycles. The lowest BCUT2D eigenvalue weighted by Crippen LogP contribution is -2.39. The second-order valence-electron chi connectivity index (χ2n) is 12.3. The molecule has 1 aliphatic heterocycles. The molecule has 0 amide bonds. The lowest BCUT2D eigenvalue weighted by molar-refractivity contribution is -0.159. The van der Waals surface area contributed by atoms with Crippen LogP contribution in [0, 0.1) is 7.43 Å². The molecule has 3 aromatic carbocycles. The van der Waals surface area contributed by atoms with Gasteiger partial charge in [-0.25, -0.2) is 9.59 Å². The SMILES string of the molecule is CCOC(=O)C(C)(C)Oc1ccc2c(c1)CNCC2.CCOC(=O)C(C)(C)Oc1ccc2ccncc2c1.Oc1ccc2ccncc2c1.[BH4-].[CH3-]. The highest BCUT2D eigenvalue weighted by Gasteiger charge is 2.32. The Morgan fingerprint density at radius 1 is 0.706 bits per heavy atom. The molecule has 274 valence electrons. The average Bonchev–Trinajstić information content (AvgIpc) is 3.08. The number of rotatable bonds is 8. The molecule has 6 rings (SSSR count). The van der Waals surface area contributed by atoms with E-state index >= 15 is 0 Å². The van der Waals surface area contributed by atoms with Crippen molar-refractivity contribution in [2.45, 2.75) is 65.7 Å². The number of ether oxygens (including phenoxy) is 4. The van der Waals surface area contributed by atoms with E-state index < -0.39 is 11.2 Å². The number of nitrogens with one attached hydrogen (secondary N) is 1. The van der Waals surface area contributed by atoms with Gasteiger partial charge in [-0.1, -0.05) is 26.6 Å². The summed E-state index contributed by atoms with van der Waals surface area (Å²) in [6.07, 6.45) is 8.01. The highest BCUT2D eigenvalue weighted by atomic mass is 16.6. The van der Waals surface area contributed by atoms with Crippen LogP contribution >= 0.6 is 0 Å². The molecule has 0 fully saturated rings. The van der Waals surface area contributed by atoms with Crippen molar-refractivity contribution >= 4 is 41.9 Å². The molecule has 0 saturated heterocycles. The van der Waals surface area contributed by atoms with E-state index in [2.05, 4.69) is 21.4 Å². The number of esters is 2. The van der Waals surface area contributed by atoms with Gasteiger partial charge in [-0.2, -0.15) is 0 Å². The van der Waals surface area contributed by atoms with Crippen LogP contribution in [0.5, 0.6) is 17.2 Å². The largest absolute Gasteiger partial charge is 0.508 e. The van der Waals surface area contributed by atoms with E-state index in [0.717, 1.165) is 41.1 Å². The minimum Gasteiger partial charge on any atom is -0.508 e. The molecular weight excluding hydrogens is 645 g/mol. The predicted molar refractivity (Wildman–Crippen MR) is 207 cm³/mol. The van der Waals surface area contributed by atoms with Gasteiger partial charge >= 0.3 is 11.9 Å². The summed E-state index contributed by atoms with van der Waals surface area (Å²) in [5.41, 5.74) is 0.613. The number of benzene rings is 3. The summed E-state index contributed by atoms with van der Waals surface area (Å²) in [4.78, 5) is 31.6. The lowest BCUT2D eigenvalue weighted by atomic mass is 10.0. The van der Waals surface area contributed by atoms with E-state index in [1.807, 2.05) is 48.5 Å². The quantitative estimate of drug-likeness (QED) is 0.114. The van der Waals surface area contributed by atoms with E-state index in [9.17, 15) is 9.59 Å². The van der Waals surface area contributed by atoms with E-state index in [1.165, 1.54) is 11.1 Å². The topological polar surface area (TPSA) is 129 Å². The maximum atomic E-state index is 11.8. The Balaban J connectivity index is 0.000000269. The summed E-state index contributed by atoms with van der Waals surface area (Å²) in [6.45, 7) is 13.0. The molecule has 0 bridgehead atoms. The third-order valence-electron chi connectivity index (χ3n) is 7.58. The van der Waals surface area contributed by atoms with E-state index in [4.69, 9.17) is 24.1 Å². The fraction of sp³-hybridized carbons (Fsp3) is 0.325. The Labute approximate surface area is 303 Å². The zero-order valence-corrected chi connectivity index (χ0v) is 30.0. The molecule has 0 aliphatic carbocycles. The van der Waals surface area contributed by atoms with Crippen molar-refractivity contribution in [3.63, 3.8) is 0 Å². The fourth-order valence-electron chi connectivity index (χ4n) is 5.00. The van der Waals surface area contributed by atoms with Gasteiger partial charge in [0.05, 0.1) is 13.2 Å². The number of carbonyl (C=O) groups is 2. The van der Waals surface area contributed by atoms with E-state index in [0.29, 0.717) is 24.7 Å². The van der Waals surface area contributed by atoms with Crippen molar-refractivity contribution in [1.82, 2.24) is 15.3 Å². The fourth-order valence-corrected chi connectivity index (χ4v) is 5.00. The third-order valence-corrected chi connectivity index (χ3v) is 7.58. The number of carbonyl (C=O) groups excluding carboxylic acids is 2. The van der Waals surface area contributed by atoms with Crippen LogP contribution in [-0.4, -0.2) is 66.4 Å². The van der Waals surface area contributed by atoms with Crippen molar-refractivity contribution in [3.8, 4) is 17.2 Å². The molecule has 51 heavy (non-hydrogen) atoms. The van der Waals surface area contributed by atoms with Crippen LogP contribution in [0.1, 0.15) is 52.7 Å². The smallest absolute Gasteiger partial charge is 0.349 e. The van der Waals surface area contributed by atoms with Crippen LogP contribution in [0.4, 0.5) is 0 Å². The Bertz CT molecular complexity index is 1880.